The molecule has 116 valence electrons. The van der Waals surface area contributed by atoms with Crippen LogP contribution in [0.3, 0.4) is 0 Å². The van der Waals surface area contributed by atoms with Crippen molar-refractivity contribution in [3.63, 3.8) is 0 Å². The number of aliphatic hydroxyl groups is 1. The van der Waals surface area contributed by atoms with Crippen molar-refractivity contribution in [1.82, 2.24) is 4.31 Å². The number of nitrogens with zero attached hydrogens (tertiary/aromatic N) is 1. The number of hydrogen-bond acceptors (Lipinski definition) is 5. The van der Waals surface area contributed by atoms with Crippen LogP contribution in [0.2, 0.25) is 0 Å². The van der Waals surface area contributed by atoms with Crippen LogP contribution in [0.4, 0.5) is 0 Å². The molecule has 2 N–H and O–H groups in total. The third-order valence-corrected chi connectivity index (χ3v) is 5.96. The molecule has 0 saturated carbocycles. The van der Waals surface area contributed by atoms with Gasteiger partial charge < -0.3 is 14.9 Å². The Hall–Kier alpha value is -1.00. The number of rotatable bonds is 4. The standard InChI is InChI=1S/C12H14BrNO6S/c13-10-2-1-8(12(16)17)5-11(10)21(18,19)14-3-4-20-9(6-14)7-15/h1-2,5,9,15H,3-4,6-7H2,(H,16,17). The fourth-order valence-electron chi connectivity index (χ4n) is 1.99. The minimum absolute atomic E-state index is 0.0303. The van der Waals surface area contributed by atoms with E-state index in [-0.39, 0.29) is 36.8 Å². The normalized spacial score (nSPS) is 20.4. The lowest BCUT2D eigenvalue weighted by molar-refractivity contribution is -0.0304. The maximum Gasteiger partial charge on any atom is 0.335 e. The largest absolute Gasteiger partial charge is 0.478 e. The Kier molecular flexibility index (Phi) is 4.99. The van der Waals surface area contributed by atoms with E-state index >= 15 is 0 Å². The molecule has 1 fully saturated rings. The molecule has 9 heteroatoms. The molecule has 0 radical (unpaired) electrons. The summed E-state index contributed by atoms with van der Waals surface area (Å²) in [4.78, 5) is 10.9. The molecule has 0 bridgehead atoms. The molecule has 0 amide bonds. The van der Waals surface area contributed by atoms with Gasteiger partial charge in [-0.3, -0.25) is 0 Å². The van der Waals surface area contributed by atoms with Crippen LogP contribution in [-0.2, 0) is 14.8 Å². The van der Waals surface area contributed by atoms with E-state index in [1.165, 1.54) is 16.4 Å². The van der Waals surface area contributed by atoms with Crippen molar-refractivity contribution in [3.8, 4) is 0 Å². The minimum Gasteiger partial charge on any atom is -0.478 e. The maximum atomic E-state index is 12.6. The predicted molar refractivity (Wildman–Crippen MR) is 76.7 cm³/mol. The first-order valence-corrected chi connectivity index (χ1v) is 8.35. The minimum atomic E-state index is -3.86. The van der Waals surface area contributed by atoms with E-state index in [9.17, 15) is 13.2 Å². The van der Waals surface area contributed by atoms with Gasteiger partial charge in [0.2, 0.25) is 10.0 Å². The molecule has 7 nitrogen and oxygen atoms in total. The average Bonchev–Trinajstić information content (AvgIpc) is 2.47. The number of aromatic carboxylic acids is 1. The van der Waals surface area contributed by atoms with Crippen molar-refractivity contribution >= 4 is 31.9 Å². The maximum absolute atomic E-state index is 12.6. The number of ether oxygens (including phenoxy) is 1. The third-order valence-electron chi connectivity index (χ3n) is 3.10. The first kappa shape index (κ1) is 16.4. The Bertz CT molecular complexity index is 647. The molecule has 1 aliphatic rings. The molecule has 0 aliphatic carbocycles. The summed E-state index contributed by atoms with van der Waals surface area (Å²) in [5.74, 6) is -1.20. The van der Waals surface area contributed by atoms with Crippen molar-refractivity contribution in [2.75, 3.05) is 26.3 Å². The molecule has 1 unspecified atom stereocenters. The van der Waals surface area contributed by atoms with Gasteiger partial charge in [0, 0.05) is 17.6 Å². The number of hydrogen-bond donors (Lipinski definition) is 2. The first-order chi connectivity index (χ1) is 9.86. The SMILES string of the molecule is O=C(O)c1ccc(Br)c(S(=O)(=O)N2CCOC(CO)C2)c1. The van der Waals surface area contributed by atoms with Gasteiger partial charge in [-0.05, 0) is 34.1 Å². The topological polar surface area (TPSA) is 104 Å². The number of halogens is 1. The van der Waals surface area contributed by atoms with Gasteiger partial charge in [0.25, 0.3) is 0 Å². The predicted octanol–water partition coefficient (Wildman–Crippen LogP) is 0.529. The van der Waals surface area contributed by atoms with Crippen LogP contribution in [0.25, 0.3) is 0 Å². The summed E-state index contributed by atoms with van der Waals surface area (Å²) in [5, 5.41) is 18.1. The van der Waals surface area contributed by atoms with E-state index in [4.69, 9.17) is 14.9 Å². The van der Waals surface area contributed by atoms with Crippen LogP contribution < -0.4 is 0 Å². The summed E-state index contributed by atoms with van der Waals surface area (Å²) < 4.78 is 31.9. The van der Waals surface area contributed by atoms with E-state index in [1.54, 1.807) is 0 Å². The van der Waals surface area contributed by atoms with Crippen molar-refractivity contribution < 1.29 is 28.2 Å². The van der Waals surface area contributed by atoms with Crippen LogP contribution >= 0.6 is 15.9 Å². The number of sulfonamides is 1. The second kappa shape index (κ2) is 6.41. The zero-order valence-corrected chi connectivity index (χ0v) is 13.3. The Morgan fingerprint density at radius 2 is 2.19 bits per heavy atom. The van der Waals surface area contributed by atoms with Gasteiger partial charge in [0.15, 0.2) is 0 Å². The van der Waals surface area contributed by atoms with Crippen LogP contribution in [0.15, 0.2) is 27.6 Å². The number of carboxylic acids is 1. The summed E-state index contributed by atoms with van der Waals surface area (Å²) in [6.07, 6.45) is -0.574. The van der Waals surface area contributed by atoms with E-state index in [0.29, 0.717) is 4.47 Å². The molecule has 0 aromatic heterocycles. The van der Waals surface area contributed by atoms with E-state index in [2.05, 4.69) is 15.9 Å². The quantitative estimate of drug-likeness (QED) is 0.790. The number of benzene rings is 1. The molecule has 1 saturated heterocycles. The van der Waals surface area contributed by atoms with Crippen LogP contribution in [0.5, 0.6) is 0 Å². The Balaban J connectivity index is 2.39. The lowest BCUT2D eigenvalue weighted by atomic mass is 10.2. The molecule has 2 rings (SSSR count). The van der Waals surface area contributed by atoms with Gasteiger partial charge in [0.05, 0.1) is 29.8 Å². The fraction of sp³-hybridized carbons (Fsp3) is 0.417. The fourth-order valence-corrected chi connectivity index (χ4v) is 4.40. The van der Waals surface area contributed by atoms with E-state index in [0.717, 1.165) is 6.07 Å². The highest BCUT2D eigenvalue weighted by Gasteiger charge is 2.32. The summed E-state index contributed by atoms with van der Waals surface area (Å²) in [7, 11) is -3.86. The summed E-state index contributed by atoms with van der Waals surface area (Å²) in [6, 6.07) is 3.83. The molecule has 21 heavy (non-hydrogen) atoms. The summed E-state index contributed by atoms with van der Waals surface area (Å²) >= 11 is 3.13. The van der Waals surface area contributed by atoms with Crippen molar-refractivity contribution in [2.24, 2.45) is 0 Å². The zero-order chi connectivity index (χ0) is 15.6. The second-order valence-corrected chi connectivity index (χ2v) is 7.25. The number of morpholine rings is 1. The highest BCUT2D eigenvalue weighted by Crippen LogP contribution is 2.27. The number of aliphatic hydroxyl groups excluding tert-OH is 1. The van der Waals surface area contributed by atoms with Gasteiger partial charge in [-0.15, -0.1) is 0 Å². The zero-order valence-electron chi connectivity index (χ0n) is 10.9. The lowest BCUT2D eigenvalue weighted by Gasteiger charge is -2.31. The lowest BCUT2D eigenvalue weighted by Crippen LogP contribution is -2.46. The van der Waals surface area contributed by atoms with Crippen LogP contribution in [0, 0.1) is 0 Å². The van der Waals surface area contributed by atoms with Crippen LogP contribution in [-0.4, -0.2) is 61.3 Å². The Morgan fingerprint density at radius 1 is 1.48 bits per heavy atom. The van der Waals surface area contributed by atoms with Crippen molar-refractivity contribution in [1.29, 1.82) is 0 Å². The van der Waals surface area contributed by atoms with Gasteiger partial charge in [-0.1, -0.05) is 0 Å². The Morgan fingerprint density at radius 3 is 2.81 bits per heavy atom. The van der Waals surface area contributed by atoms with Gasteiger partial charge in [0.1, 0.15) is 0 Å². The number of carbonyl (C=O) groups is 1. The van der Waals surface area contributed by atoms with E-state index in [1.807, 2.05) is 0 Å². The Labute approximate surface area is 130 Å². The van der Waals surface area contributed by atoms with Crippen LogP contribution in [0.1, 0.15) is 10.4 Å². The molecule has 1 heterocycles. The van der Waals surface area contributed by atoms with Gasteiger partial charge in [-0.2, -0.15) is 4.31 Å². The van der Waals surface area contributed by atoms with Crippen molar-refractivity contribution in [2.45, 2.75) is 11.0 Å². The molecule has 1 aromatic carbocycles. The van der Waals surface area contributed by atoms with Gasteiger partial charge in [-0.25, -0.2) is 13.2 Å². The molecule has 1 aliphatic heterocycles. The first-order valence-electron chi connectivity index (χ1n) is 6.11. The monoisotopic (exact) mass is 379 g/mol. The highest BCUT2D eigenvalue weighted by molar-refractivity contribution is 9.10. The van der Waals surface area contributed by atoms with E-state index < -0.39 is 22.1 Å². The molecular weight excluding hydrogens is 366 g/mol. The summed E-state index contributed by atoms with van der Waals surface area (Å²) in [6.45, 7) is 0.0915. The smallest absolute Gasteiger partial charge is 0.335 e. The molecule has 1 aromatic rings. The highest BCUT2D eigenvalue weighted by atomic mass is 79.9. The number of carboxylic acid groups (broad SMARTS) is 1. The van der Waals surface area contributed by atoms with Gasteiger partial charge >= 0.3 is 5.97 Å². The average molecular weight is 380 g/mol. The molecular formula is C12H14BrNO6S. The second-order valence-electron chi connectivity index (χ2n) is 4.49. The molecule has 1 atom stereocenters. The third kappa shape index (κ3) is 3.43. The van der Waals surface area contributed by atoms with Crippen molar-refractivity contribution in [3.05, 3.63) is 28.2 Å². The summed E-state index contributed by atoms with van der Waals surface area (Å²) in [5.41, 5.74) is -0.108. The molecule has 0 spiro atoms.